The molecule has 5 heteroatoms. The van der Waals surface area contributed by atoms with Crippen molar-refractivity contribution in [2.24, 2.45) is 0 Å². The van der Waals surface area contributed by atoms with Gasteiger partial charge in [-0.1, -0.05) is 19.3 Å². The number of aromatic amines is 1. The summed E-state index contributed by atoms with van der Waals surface area (Å²) in [6, 6.07) is 4.67. The van der Waals surface area contributed by atoms with Crippen molar-refractivity contribution in [2.45, 2.75) is 44.6 Å². The molecule has 0 aliphatic heterocycles. The molecule has 4 rings (SSSR count). The largest absolute Gasteiger partial charge is 0.493 e. The fourth-order valence-corrected chi connectivity index (χ4v) is 3.81. The van der Waals surface area contributed by atoms with Gasteiger partial charge in [0.2, 0.25) is 0 Å². The Morgan fingerprint density at radius 1 is 1.09 bits per heavy atom. The van der Waals surface area contributed by atoms with Crippen LogP contribution in [0.15, 0.2) is 12.1 Å². The molecular formula is C18H23N3O2. The van der Waals surface area contributed by atoms with Crippen LogP contribution in [0.25, 0.3) is 11.3 Å². The Labute approximate surface area is 136 Å². The molecule has 0 unspecified atom stereocenters. The summed E-state index contributed by atoms with van der Waals surface area (Å²) in [6.07, 6.45) is 7.40. The quantitative estimate of drug-likeness (QED) is 0.770. The second kappa shape index (κ2) is 5.80. The highest BCUT2D eigenvalue weighted by Crippen LogP contribution is 2.44. The molecule has 0 spiro atoms. The van der Waals surface area contributed by atoms with Crippen molar-refractivity contribution in [3.05, 3.63) is 23.3 Å². The van der Waals surface area contributed by atoms with Gasteiger partial charge in [-0.15, -0.1) is 0 Å². The molecule has 2 aliphatic carbocycles. The number of aromatic nitrogens is 2. The first-order chi connectivity index (χ1) is 11.3. The van der Waals surface area contributed by atoms with Gasteiger partial charge in [0.05, 0.1) is 19.9 Å². The first-order valence-electron chi connectivity index (χ1n) is 8.39. The zero-order chi connectivity index (χ0) is 15.8. The first-order valence-corrected chi connectivity index (χ1v) is 8.39. The summed E-state index contributed by atoms with van der Waals surface area (Å²) in [4.78, 5) is 0. The number of nitrogens with one attached hydrogen (secondary N) is 2. The van der Waals surface area contributed by atoms with Crippen LogP contribution in [0.3, 0.4) is 0 Å². The molecule has 122 valence electrons. The van der Waals surface area contributed by atoms with Crippen LogP contribution in [0.5, 0.6) is 11.5 Å². The molecule has 5 nitrogen and oxygen atoms in total. The van der Waals surface area contributed by atoms with Crippen molar-refractivity contribution in [3.63, 3.8) is 0 Å². The van der Waals surface area contributed by atoms with Crippen molar-refractivity contribution >= 4 is 5.82 Å². The lowest BCUT2D eigenvalue weighted by atomic mass is 9.95. The summed E-state index contributed by atoms with van der Waals surface area (Å²) in [6.45, 7) is 0. The predicted octanol–water partition coefficient (Wildman–Crippen LogP) is 3.74. The van der Waals surface area contributed by atoms with E-state index < -0.39 is 0 Å². The number of fused-ring (bicyclic) bond motifs is 3. The lowest BCUT2D eigenvalue weighted by molar-refractivity contribution is 0.355. The Kier molecular flexibility index (Phi) is 3.63. The minimum atomic E-state index is 0.570. The van der Waals surface area contributed by atoms with E-state index in [1.165, 1.54) is 43.2 Å². The average molecular weight is 313 g/mol. The Morgan fingerprint density at radius 3 is 2.57 bits per heavy atom. The van der Waals surface area contributed by atoms with Crippen LogP contribution >= 0.6 is 0 Å². The van der Waals surface area contributed by atoms with Crippen LogP contribution in [0.4, 0.5) is 5.82 Å². The highest BCUT2D eigenvalue weighted by atomic mass is 16.5. The normalized spacial score (nSPS) is 16.8. The fourth-order valence-electron chi connectivity index (χ4n) is 3.81. The summed E-state index contributed by atoms with van der Waals surface area (Å²) in [5, 5.41) is 11.4. The van der Waals surface area contributed by atoms with E-state index in [-0.39, 0.29) is 0 Å². The maximum Gasteiger partial charge on any atom is 0.161 e. The van der Waals surface area contributed by atoms with Gasteiger partial charge >= 0.3 is 0 Å². The molecule has 0 atom stereocenters. The number of anilines is 1. The molecule has 2 aromatic rings. The minimum Gasteiger partial charge on any atom is -0.493 e. The summed E-state index contributed by atoms with van der Waals surface area (Å²) in [5.41, 5.74) is 4.70. The van der Waals surface area contributed by atoms with Crippen LogP contribution in [0.2, 0.25) is 0 Å². The maximum atomic E-state index is 5.43. The fraction of sp³-hybridized carbons (Fsp3) is 0.500. The third kappa shape index (κ3) is 2.44. The minimum absolute atomic E-state index is 0.570. The van der Waals surface area contributed by atoms with Gasteiger partial charge in [-0.3, -0.25) is 5.10 Å². The van der Waals surface area contributed by atoms with Crippen molar-refractivity contribution in [1.82, 2.24) is 10.2 Å². The summed E-state index contributed by atoms with van der Waals surface area (Å²) >= 11 is 0. The predicted molar refractivity (Wildman–Crippen MR) is 90.4 cm³/mol. The monoisotopic (exact) mass is 313 g/mol. The van der Waals surface area contributed by atoms with E-state index in [2.05, 4.69) is 21.6 Å². The third-order valence-corrected chi connectivity index (χ3v) is 5.05. The van der Waals surface area contributed by atoms with Gasteiger partial charge < -0.3 is 14.8 Å². The number of rotatable bonds is 4. The third-order valence-electron chi connectivity index (χ3n) is 5.05. The molecule has 1 heterocycles. The molecule has 0 radical (unpaired) electrons. The van der Waals surface area contributed by atoms with Crippen molar-refractivity contribution in [3.8, 4) is 22.8 Å². The first kappa shape index (κ1) is 14.4. The van der Waals surface area contributed by atoms with Gasteiger partial charge in [-0.2, -0.15) is 5.10 Å². The van der Waals surface area contributed by atoms with E-state index in [9.17, 15) is 0 Å². The molecule has 23 heavy (non-hydrogen) atoms. The van der Waals surface area contributed by atoms with Crippen LogP contribution in [-0.2, 0) is 6.42 Å². The highest BCUT2D eigenvalue weighted by Gasteiger charge is 2.28. The van der Waals surface area contributed by atoms with Crippen LogP contribution in [0.1, 0.15) is 43.2 Å². The Hall–Kier alpha value is -2.17. The van der Waals surface area contributed by atoms with Crippen molar-refractivity contribution in [1.29, 1.82) is 0 Å². The molecule has 1 aromatic carbocycles. The standard InChI is InChI=1S/C18H23N3O2/c1-22-15-9-11-8-14-17(13(11)10-16(15)23-2)20-21-18(14)19-12-6-4-3-5-7-12/h9-10,12H,3-8H2,1-2H3,(H2,19,20,21). The lowest BCUT2D eigenvalue weighted by Gasteiger charge is -2.23. The van der Waals surface area contributed by atoms with E-state index in [4.69, 9.17) is 9.47 Å². The highest BCUT2D eigenvalue weighted by molar-refractivity contribution is 5.80. The smallest absolute Gasteiger partial charge is 0.161 e. The maximum absolute atomic E-state index is 5.43. The molecule has 1 saturated carbocycles. The van der Waals surface area contributed by atoms with Crippen molar-refractivity contribution < 1.29 is 9.47 Å². The second-order valence-corrected chi connectivity index (χ2v) is 6.45. The van der Waals surface area contributed by atoms with E-state index in [1.807, 2.05) is 6.07 Å². The number of methoxy groups -OCH3 is 2. The lowest BCUT2D eigenvalue weighted by Crippen LogP contribution is -2.23. The average Bonchev–Trinajstić information content (AvgIpc) is 3.14. The summed E-state index contributed by atoms with van der Waals surface area (Å²) in [7, 11) is 3.34. The Balaban J connectivity index is 1.64. The van der Waals surface area contributed by atoms with Gasteiger partial charge in [0, 0.05) is 23.6 Å². The number of H-pyrrole nitrogens is 1. The molecule has 0 amide bonds. The Morgan fingerprint density at radius 2 is 1.83 bits per heavy atom. The summed E-state index contributed by atoms with van der Waals surface area (Å²) in [5.74, 6) is 2.62. The second-order valence-electron chi connectivity index (χ2n) is 6.45. The topological polar surface area (TPSA) is 59.2 Å². The van der Waals surface area contributed by atoms with E-state index in [0.29, 0.717) is 6.04 Å². The van der Waals surface area contributed by atoms with E-state index in [1.54, 1.807) is 14.2 Å². The number of hydrogen-bond donors (Lipinski definition) is 2. The van der Waals surface area contributed by atoms with Gasteiger partial charge in [-0.05, 0) is 30.5 Å². The van der Waals surface area contributed by atoms with Crippen molar-refractivity contribution in [2.75, 3.05) is 19.5 Å². The van der Waals surface area contributed by atoms with Gasteiger partial charge in [0.15, 0.2) is 11.5 Å². The van der Waals surface area contributed by atoms with Gasteiger partial charge in [0.25, 0.3) is 0 Å². The van der Waals surface area contributed by atoms with Crippen LogP contribution in [0, 0.1) is 0 Å². The van der Waals surface area contributed by atoms with Crippen LogP contribution < -0.4 is 14.8 Å². The number of nitrogens with zero attached hydrogens (tertiary/aromatic N) is 1. The molecule has 2 N–H and O–H groups in total. The number of hydrogen-bond acceptors (Lipinski definition) is 4. The molecule has 2 aliphatic rings. The zero-order valence-electron chi connectivity index (χ0n) is 13.7. The van der Waals surface area contributed by atoms with Gasteiger partial charge in [0.1, 0.15) is 5.82 Å². The SMILES string of the molecule is COc1cc2c(cc1OC)-c1n[nH]c(NC3CCCCC3)c1C2. The molecule has 1 fully saturated rings. The number of benzene rings is 1. The summed E-state index contributed by atoms with van der Waals surface area (Å²) < 4.78 is 10.8. The van der Waals surface area contributed by atoms with E-state index in [0.717, 1.165) is 35.0 Å². The molecule has 0 saturated heterocycles. The zero-order valence-corrected chi connectivity index (χ0v) is 13.7. The molecular weight excluding hydrogens is 290 g/mol. The van der Waals surface area contributed by atoms with Gasteiger partial charge in [-0.25, -0.2) is 0 Å². The molecule has 0 bridgehead atoms. The number of ether oxygens (including phenoxy) is 2. The Bertz CT molecular complexity index is 717. The molecule has 1 aromatic heterocycles. The van der Waals surface area contributed by atoms with Crippen LogP contribution in [-0.4, -0.2) is 30.5 Å². The van der Waals surface area contributed by atoms with E-state index >= 15 is 0 Å².